The topological polar surface area (TPSA) is 51.2 Å². The molecule has 1 heterocycles. The van der Waals surface area contributed by atoms with Crippen LogP contribution in [0.25, 0.3) is 10.2 Å². The maximum atomic E-state index is 12.4. The Morgan fingerprint density at radius 1 is 1.25 bits per heavy atom. The largest absolute Gasteiger partial charge is 0.494 e. The second-order valence-corrected chi connectivity index (χ2v) is 6.70. The maximum absolute atomic E-state index is 12.4. The third kappa shape index (κ3) is 3.92. The number of rotatable bonds is 6. The molecule has 0 radical (unpaired) electrons. The number of aromatic nitrogens is 1. The van der Waals surface area contributed by atoms with Crippen LogP contribution in [0.3, 0.4) is 0 Å². The molecule has 1 amide bonds. The van der Waals surface area contributed by atoms with Gasteiger partial charge in [0.25, 0.3) is 5.91 Å². The summed E-state index contributed by atoms with van der Waals surface area (Å²) in [5.74, 6) is 0.544. The van der Waals surface area contributed by atoms with Crippen molar-refractivity contribution in [3.05, 3.63) is 53.6 Å². The number of aryl methyl sites for hydroxylation is 1. The van der Waals surface area contributed by atoms with Crippen molar-refractivity contribution in [2.24, 2.45) is 0 Å². The number of hydrogen-bond acceptors (Lipinski definition) is 4. The fraction of sp³-hybridized carbons (Fsp3) is 0.263. The summed E-state index contributed by atoms with van der Waals surface area (Å²) in [6.45, 7) is 4.83. The van der Waals surface area contributed by atoms with Crippen molar-refractivity contribution in [1.82, 2.24) is 4.98 Å². The molecular formula is C19H20N2O2S. The quantitative estimate of drug-likeness (QED) is 0.640. The van der Waals surface area contributed by atoms with Crippen molar-refractivity contribution >= 4 is 32.6 Å². The van der Waals surface area contributed by atoms with Gasteiger partial charge in [0.1, 0.15) is 5.75 Å². The van der Waals surface area contributed by atoms with Crippen molar-refractivity contribution in [3.8, 4) is 5.75 Å². The Balaban J connectivity index is 1.72. The monoisotopic (exact) mass is 340 g/mol. The molecule has 124 valence electrons. The Hall–Kier alpha value is -2.40. The van der Waals surface area contributed by atoms with Crippen LogP contribution in [0.5, 0.6) is 5.75 Å². The van der Waals surface area contributed by atoms with E-state index in [1.54, 1.807) is 12.1 Å². The molecule has 0 atom stereocenters. The Labute approximate surface area is 145 Å². The van der Waals surface area contributed by atoms with E-state index in [0.717, 1.165) is 28.8 Å². The first kappa shape index (κ1) is 16.5. The molecule has 0 spiro atoms. The summed E-state index contributed by atoms with van der Waals surface area (Å²) in [7, 11) is 0. The van der Waals surface area contributed by atoms with E-state index in [1.165, 1.54) is 16.9 Å². The summed E-state index contributed by atoms with van der Waals surface area (Å²) in [4.78, 5) is 16.9. The molecule has 0 aliphatic heterocycles. The fourth-order valence-corrected chi connectivity index (χ4v) is 3.28. The number of fused-ring (bicyclic) bond motifs is 1. The predicted octanol–water partition coefficient (Wildman–Crippen LogP) is 5.04. The first-order valence-electron chi connectivity index (χ1n) is 8.07. The van der Waals surface area contributed by atoms with Gasteiger partial charge < -0.3 is 4.74 Å². The number of carbonyl (C=O) groups is 1. The highest BCUT2D eigenvalue weighted by atomic mass is 32.1. The lowest BCUT2D eigenvalue weighted by molar-refractivity contribution is 0.102. The number of nitrogens with zero attached hydrogens (tertiary/aromatic N) is 1. The van der Waals surface area contributed by atoms with E-state index < -0.39 is 0 Å². The van der Waals surface area contributed by atoms with Gasteiger partial charge in [-0.05, 0) is 49.2 Å². The minimum absolute atomic E-state index is 0.174. The number of nitrogens with one attached hydrogen (secondary N) is 1. The molecule has 0 aliphatic rings. The number of amides is 1. The van der Waals surface area contributed by atoms with Gasteiger partial charge in [-0.25, -0.2) is 4.98 Å². The minimum Gasteiger partial charge on any atom is -0.494 e. The summed E-state index contributed by atoms with van der Waals surface area (Å²) in [6.07, 6.45) is 2.08. The van der Waals surface area contributed by atoms with Gasteiger partial charge in [-0.2, -0.15) is 0 Å². The van der Waals surface area contributed by atoms with E-state index in [9.17, 15) is 4.79 Å². The molecule has 2 aromatic carbocycles. The number of unbranched alkanes of at least 4 members (excludes halogenated alkanes) is 1. The van der Waals surface area contributed by atoms with Crippen LogP contribution in [-0.4, -0.2) is 17.5 Å². The molecule has 3 rings (SSSR count). The van der Waals surface area contributed by atoms with Crippen LogP contribution in [0.4, 0.5) is 5.13 Å². The zero-order valence-electron chi connectivity index (χ0n) is 13.8. The zero-order valence-corrected chi connectivity index (χ0v) is 14.7. The van der Waals surface area contributed by atoms with Gasteiger partial charge in [-0.15, -0.1) is 0 Å². The average Bonchev–Trinajstić information content (AvgIpc) is 2.96. The van der Waals surface area contributed by atoms with Crippen molar-refractivity contribution < 1.29 is 9.53 Å². The Morgan fingerprint density at radius 3 is 2.96 bits per heavy atom. The number of hydrogen-bond donors (Lipinski definition) is 1. The van der Waals surface area contributed by atoms with Gasteiger partial charge in [0.15, 0.2) is 5.13 Å². The highest BCUT2D eigenvalue weighted by Crippen LogP contribution is 2.27. The lowest BCUT2D eigenvalue weighted by Gasteiger charge is -2.07. The van der Waals surface area contributed by atoms with Crippen molar-refractivity contribution in [2.45, 2.75) is 26.7 Å². The smallest absolute Gasteiger partial charge is 0.257 e. The highest BCUT2D eigenvalue weighted by Gasteiger charge is 2.11. The van der Waals surface area contributed by atoms with E-state index in [1.807, 2.05) is 31.2 Å². The second kappa shape index (κ2) is 7.45. The number of thiazole rings is 1. The van der Waals surface area contributed by atoms with Gasteiger partial charge >= 0.3 is 0 Å². The molecule has 5 heteroatoms. The van der Waals surface area contributed by atoms with Crippen LogP contribution >= 0.6 is 11.3 Å². The van der Waals surface area contributed by atoms with Gasteiger partial charge in [-0.3, -0.25) is 10.1 Å². The summed E-state index contributed by atoms with van der Waals surface area (Å²) < 4.78 is 6.73. The normalized spacial score (nSPS) is 10.8. The fourth-order valence-electron chi connectivity index (χ4n) is 2.32. The lowest BCUT2D eigenvalue weighted by atomic mass is 10.2. The van der Waals surface area contributed by atoms with Gasteiger partial charge in [-0.1, -0.05) is 36.8 Å². The molecule has 3 aromatic rings. The van der Waals surface area contributed by atoms with Crippen LogP contribution in [0.1, 0.15) is 35.7 Å². The van der Waals surface area contributed by atoms with E-state index in [2.05, 4.69) is 23.3 Å². The van der Waals surface area contributed by atoms with E-state index in [0.29, 0.717) is 17.3 Å². The van der Waals surface area contributed by atoms with Crippen LogP contribution in [-0.2, 0) is 0 Å². The Kier molecular flexibility index (Phi) is 5.11. The predicted molar refractivity (Wildman–Crippen MR) is 99.2 cm³/mol. The van der Waals surface area contributed by atoms with Crippen LogP contribution in [0.15, 0.2) is 42.5 Å². The zero-order chi connectivity index (χ0) is 16.9. The van der Waals surface area contributed by atoms with E-state index >= 15 is 0 Å². The lowest BCUT2D eigenvalue weighted by Crippen LogP contribution is -2.11. The summed E-state index contributed by atoms with van der Waals surface area (Å²) in [6, 6.07) is 13.3. The number of anilines is 1. The van der Waals surface area contributed by atoms with Gasteiger partial charge in [0, 0.05) is 5.56 Å². The summed E-state index contributed by atoms with van der Waals surface area (Å²) in [5.41, 5.74) is 2.65. The molecule has 1 N–H and O–H groups in total. The van der Waals surface area contributed by atoms with Gasteiger partial charge in [0.2, 0.25) is 0 Å². The van der Waals surface area contributed by atoms with Crippen molar-refractivity contribution in [1.29, 1.82) is 0 Å². The van der Waals surface area contributed by atoms with E-state index in [4.69, 9.17) is 4.74 Å². The molecular weight excluding hydrogens is 320 g/mol. The number of carbonyl (C=O) groups excluding carboxylic acids is 1. The van der Waals surface area contributed by atoms with Crippen molar-refractivity contribution in [3.63, 3.8) is 0 Å². The molecule has 0 saturated carbocycles. The molecule has 0 bridgehead atoms. The first-order valence-corrected chi connectivity index (χ1v) is 8.89. The third-order valence-electron chi connectivity index (χ3n) is 3.63. The highest BCUT2D eigenvalue weighted by molar-refractivity contribution is 7.22. The minimum atomic E-state index is -0.174. The first-order chi connectivity index (χ1) is 11.7. The van der Waals surface area contributed by atoms with E-state index in [-0.39, 0.29) is 5.91 Å². The molecule has 0 fully saturated rings. The summed E-state index contributed by atoms with van der Waals surface area (Å²) in [5, 5.41) is 3.48. The van der Waals surface area contributed by atoms with Crippen LogP contribution in [0, 0.1) is 6.92 Å². The molecule has 1 aromatic heterocycles. The van der Waals surface area contributed by atoms with Crippen molar-refractivity contribution in [2.75, 3.05) is 11.9 Å². The SMILES string of the molecule is CCCCOc1cccc(C(=O)Nc2nc3ccc(C)cc3s2)c1. The Bertz CT molecular complexity index is 857. The number of benzene rings is 2. The Morgan fingerprint density at radius 2 is 2.12 bits per heavy atom. The third-order valence-corrected chi connectivity index (χ3v) is 4.56. The van der Waals surface area contributed by atoms with Crippen LogP contribution < -0.4 is 10.1 Å². The molecule has 0 saturated heterocycles. The average molecular weight is 340 g/mol. The molecule has 0 aliphatic carbocycles. The summed E-state index contributed by atoms with van der Waals surface area (Å²) >= 11 is 1.48. The molecule has 4 nitrogen and oxygen atoms in total. The van der Waals surface area contributed by atoms with Crippen LogP contribution in [0.2, 0.25) is 0 Å². The molecule has 24 heavy (non-hydrogen) atoms. The second-order valence-electron chi connectivity index (χ2n) is 5.67. The standard InChI is InChI=1S/C19H20N2O2S/c1-3-4-10-23-15-7-5-6-14(12-15)18(22)21-19-20-16-9-8-13(2)11-17(16)24-19/h5-9,11-12H,3-4,10H2,1-2H3,(H,20,21,22). The number of ether oxygens (including phenoxy) is 1. The van der Waals surface area contributed by atoms with Gasteiger partial charge in [0.05, 0.1) is 16.8 Å². The maximum Gasteiger partial charge on any atom is 0.257 e. The molecule has 0 unspecified atom stereocenters.